The molecule has 3 rings (SSSR count). The van der Waals surface area contributed by atoms with Gasteiger partial charge >= 0.3 is 5.97 Å². The number of aromatic nitrogens is 2. The van der Waals surface area contributed by atoms with E-state index in [-0.39, 0.29) is 17.9 Å². The van der Waals surface area contributed by atoms with Crippen LogP contribution in [0.3, 0.4) is 0 Å². The first-order chi connectivity index (χ1) is 16.7. The fourth-order valence-electron chi connectivity index (χ4n) is 3.62. The predicted octanol–water partition coefficient (Wildman–Crippen LogP) is 6.55. The van der Waals surface area contributed by atoms with Crippen LogP contribution >= 0.6 is 0 Å². The number of carbonyl (C=O) groups is 2. The van der Waals surface area contributed by atoms with E-state index in [9.17, 15) is 9.59 Å². The number of ether oxygens (including phenoxy) is 2. The molecule has 0 unspecified atom stereocenters. The smallest absolute Gasteiger partial charge is 0.306 e. The van der Waals surface area contributed by atoms with Crippen molar-refractivity contribution in [2.75, 3.05) is 0 Å². The van der Waals surface area contributed by atoms with Crippen LogP contribution in [0.4, 0.5) is 0 Å². The molecule has 1 atom stereocenters. The Balaban J connectivity index is 1.78. The average molecular weight is 479 g/mol. The van der Waals surface area contributed by atoms with Crippen LogP contribution in [0.1, 0.15) is 72.3 Å². The molecule has 7 nitrogen and oxygen atoms in total. The van der Waals surface area contributed by atoms with Crippen molar-refractivity contribution in [3.05, 3.63) is 48.3 Å². The lowest BCUT2D eigenvalue weighted by molar-refractivity contribution is -0.154. The summed E-state index contributed by atoms with van der Waals surface area (Å²) in [6.07, 6.45) is 7.64. The summed E-state index contributed by atoms with van der Waals surface area (Å²) in [6.45, 7) is 9.38. The molecule has 0 aliphatic carbocycles. The number of allylic oxidation sites excluding steroid dienone is 1. The summed E-state index contributed by atoms with van der Waals surface area (Å²) in [5.41, 5.74) is 1.51. The summed E-state index contributed by atoms with van der Waals surface area (Å²) in [7, 11) is 0. The molecular formula is C28H34N2O5. The number of hydrogen-bond acceptors (Lipinski definition) is 7. The van der Waals surface area contributed by atoms with Gasteiger partial charge in [0.15, 0.2) is 5.78 Å². The van der Waals surface area contributed by atoms with Gasteiger partial charge in [-0.2, -0.15) is 0 Å². The molecule has 1 aromatic carbocycles. The van der Waals surface area contributed by atoms with E-state index < -0.39 is 5.60 Å². The van der Waals surface area contributed by atoms with Crippen molar-refractivity contribution in [1.29, 1.82) is 0 Å². The summed E-state index contributed by atoms with van der Waals surface area (Å²) in [5, 5.41) is 0.632. The standard InChI is InChI=1S/C28H34N2O5/c1-6-21(31)16-17-22-24-26(33-19(2)12-10-11-15-23(32)35-28(3,4)5)29-18-30-27(24)34-25(22)20-13-8-7-9-14-20/h7-9,13-14,16-19H,6,10-12,15H2,1-5H3/b17-16+/t19-/m1/s1. The van der Waals surface area contributed by atoms with Crippen molar-refractivity contribution in [2.24, 2.45) is 0 Å². The first kappa shape index (κ1) is 26.1. The van der Waals surface area contributed by atoms with Crippen LogP contribution in [0.15, 0.2) is 47.2 Å². The van der Waals surface area contributed by atoms with Crippen LogP contribution in [0.2, 0.25) is 0 Å². The Hall–Kier alpha value is -3.48. The van der Waals surface area contributed by atoms with E-state index >= 15 is 0 Å². The zero-order valence-corrected chi connectivity index (χ0v) is 21.2. The molecular weight excluding hydrogens is 444 g/mol. The van der Waals surface area contributed by atoms with Crippen molar-refractivity contribution < 1.29 is 23.5 Å². The normalized spacial score (nSPS) is 12.7. The van der Waals surface area contributed by atoms with Gasteiger partial charge in [-0.15, -0.1) is 0 Å². The Kier molecular flexibility index (Phi) is 8.79. The fourth-order valence-corrected chi connectivity index (χ4v) is 3.62. The molecule has 0 aliphatic heterocycles. The third-order valence-corrected chi connectivity index (χ3v) is 5.29. The lowest BCUT2D eigenvalue weighted by Crippen LogP contribution is -2.23. The van der Waals surface area contributed by atoms with Gasteiger partial charge in [-0.1, -0.05) is 37.3 Å². The minimum atomic E-state index is -0.469. The SMILES string of the molecule is CCC(=O)/C=C/c1c(-c2ccccc2)oc2ncnc(O[C@H](C)CCCCC(=O)OC(C)(C)C)c12. The molecule has 0 spiro atoms. The van der Waals surface area contributed by atoms with Gasteiger partial charge in [0.05, 0.1) is 6.10 Å². The van der Waals surface area contributed by atoms with Crippen molar-refractivity contribution in [2.45, 2.75) is 78.4 Å². The molecule has 0 bridgehead atoms. The minimum Gasteiger partial charge on any atom is -0.474 e. The topological polar surface area (TPSA) is 91.5 Å². The highest BCUT2D eigenvalue weighted by Gasteiger charge is 2.21. The lowest BCUT2D eigenvalue weighted by Gasteiger charge is -2.19. The van der Waals surface area contributed by atoms with E-state index in [1.165, 1.54) is 6.33 Å². The molecule has 0 radical (unpaired) electrons. The van der Waals surface area contributed by atoms with E-state index in [0.29, 0.717) is 41.1 Å². The zero-order valence-electron chi connectivity index (χ0n) is 21.2. The molecule has 0 N–H and O–H groups in total. The van der Waals surface area contributed by atoms with Crippen LogP contribution in [-0.4, -0.2) is 33.4 Å². The largest absolute Gasteiger partial charge is 0.474 e. The molecule has 0 amide bonds. The molecule has 0 saturated heterocycles. The van der Waals surface area contributed by atoms with Gasteiger partial charge < -0.3 is 13.9 Å². The van der Waals surface area contributed by atoms with Gasteiger partial charge in [0.2, 0.25) is 11.6 Å². The number of fused-ring (bicyclic) bond motifs is 1. The Morgan fingerprint density at radius 1 is 1.11 bits per heavy atom. The number of unbranched alkanes of at least 4 members (excludes halogenated alkanes) is 1. The van der Waals surface area contributed by atoms with Crippen LogP contribution in [0.5, 0.6) is 5.88 Å². The average Bonchev–Trinajstić information content (AvgIpc) is 3.19. The van der Waals surface area contributed by atoms with Gasteiger partial charge in [-0.3, -0.25) is 9.59 Å². The molecule has 35 heavy (non-hydrogen) atoms. The Bertz CT molecular complexity index is 1180. The van der Waals surface area contributed by atoms with Gasteiger partial charge in [-0.25, -0.2) is 9.97 Å². The van der Waals surface area contributed by atoms with E-state index in [0.717, 1.165) is 24.8 Å². The third kappa shape index (κ3) is 7.50. The highest BCUT2D eigenvalue weighted by Crippen LogP contribution is 2.38. The maximum Gasteiger partial charge on any atom is 0.306 e. The second kappa shape index (κ2) is 11.8. The molecule has 0 saturated carbocycles. The highest BCUT2D eigenvalue weighted by atomic mass is 16.6. The third-order valence-electron chi connectivity index (χ3n) is 5.29. The van der Waals surface area contributed by atoms with Crippen LogP contribution in [-0.2, 0) is 14.3 Å². The quantitative estimate of drug-likeness (QED) is 0.175. The lowest BCUT2D eigenvalue weighted by atomic mass is 10.1. The number of nitrogens with zero attached hydrogens (tertiary/aromatic N) is 2. The predicted molar refractivity (Wildman–Crippen MR) is 136 cm³/mol. The van der Waals surface area contributed by atoms with Crippen molar-refractivity contribution in [1.82, 2.24) is 9.97 Å². The van der Waals surface area contributed by atoms with E-state index in [1.54, 1.807) is 12.2 Å². The molecule has 7 heteroatoms. The summed E-state index contributed by atoms with van der Waals surface area (Å²) >= 11 is 0. The number of benzene rings is 1. The summed E-state index contributed by atoms with van der Waals surface area (Å²) in [5.74, 6) is 0.838. The molecule has 186 valence electrons. The maximum absolute atomic E-state index is 12.0. The zero-order chi connectivity index (χ0) is 25.4. The van der Waals surface area contributed by atoms with Gasteiger partial charge in [0, 0.05) is 24.0 Å². The van der Waals surface area contributed by atoms with Gasteiger partial charge in [0.1, 0.15) is 23.1 Å². The van der Waals surface area contributed by atoms with Gasteiger partial charge in [-0.05, 0) is 59.1 Å². The number of carbonyl (C=O) groups excluding carboxylic acids is 2. The van der Waals surface area contributed by atoms with Crippen molar-refractivity contribution >= 4 is 28.9 Å². The second-order valence-corrected chi connectivity index (χ2v) is 9.48. The maximum atomic E-state index is 12.0. The van der Waals surface area contributed by atoms with Gasteiger partial charge in [0.25, 0.3) is 0 Å². The molecule has 0 aliphatic rings. The molecule has 2 heterocycles. The second-order valence-electron chi connectivity index (χ2n) is 9.48. The number of hydrogen-bond donors (Lipinski definition) is 0. The van der Waals surface area contributed by atoms with E-state index in [4.69, 9.17) is 13.9 Å². The van der Waals surface area contributed by atoms with Crippen LogP contribution in [0, 0.1) is 0 Å². The van der Waals surface area contributed by atoms with Crippen LogP contribution < -0.4 is 4.74 Å². The minimum absolute atomic E-state index is 0.0102. The molecule has 3 aromatic rings. The Morgan fingerprint density at radius 3 is 2.54 bits per heavy atom. The van der Waals surface area contributed by atoms with E-state index in [2.05, 4.69) is 9.97 Å². The highest BCUT2D eigenvalue weighted by molar-refractivity contribution is 6.00. The fraction of sp³-hybridized carbons (Fsp3) is 0.429. The first-order valence-electron chi connectivity index (χ1n) is 12.1. The summed E-state index contributed by atoms with van der Waals surface area (Å²) in [4.78, 5) is 32.6. The summed E-state index contributed by atoms with van der Waals surface area (Å²) < 4.78 is 17.6. The number of rotatable bonds is 11. The number of ketones is 1. The number of furan rings is 1. The Labute approximate surface area is 206 Å². The Morgan fingerprint density at radius 2 is 1.86 bits per heavy atom. The van der Waals surface area contributed by atoms with Crippen molar-refractivity contribution in [3.63, 3.8) is 0 Å². The summed E-state index contributed by atoms with van der Waals surface area (Å²) in [6, 6.07) is 9.67. The van der Waals surface area contributed by atoms with E-state index in [1.807, 2.05) is 65.0 Å². The first-order valence-corrected chi connectivity index (χ1v) is 12.1. The molecule has 0 fully saturated rings. The monoisotopic (exact) mass is 478 g/mol. The number of esters is 1. The molecule has 2 aromatic heterocycles. The van der Waals surface area contributed by atoms with Crippen LogP contribution in [0.25, 0.3) is 28.5 Å². The van der Waals surface area contributed by atoms with Crippen molar-refractivity contribution in [3.8, 4) is 17.2 Å².